The van der Waals surface area contributed by atoms with E-state index in [2.05, 4.69) is 82.3 Å². The molecule has 3 heterocycles. The number of H-pyrrole nitrogens is 2. The number of likely N-dealkylation sites (tertiary alicyclic amines) is 1. The summed E-state index contributed by atoms with van der Waals surface area (Å²) < 4.78 is 15.8. The number of methoxy groups -OCH3 is 2. The van der Waals surface area contributed by atoms with E-state index in [0.717, 1.165) is 73.2 Å². The van der Waals surface area contributed by atoms with Gasteiger partial charge >= 0.3 is 12.2 Å². The topological polar surface area (TPSA) is 184 Å². The molecule has 4 N–H and O–H groups in total. The van der Waals surface area contributed by atoms with E-state index in [0.29, 0.717) is 49.4 Å². The van der Waals surface area contributed by atoms with Gasteiger partial charge in [0.1, 0.15) is 29.8 Å². The molecule has 15 heteroatoms. The second kappa shape index (κ2) is 19.5. The highest BCUT2D eigenvalue weighted by Gasteiger charge is 2.40. The Hall–Kier alpha value is -6.90. The summed E-state index contributed by atoms with van der Waals surface area (Å²) in [4.78, 5) is 73.1. The second-order valence-electron chi connectivity index (χ2n) is 18.9. The Morgan fingerprint density at radius 1 is 0.806 bits per heavy atom. The van der Waals surface area contributed by atoms with Gasteiger partial charge in [-0.2, -0.15) is 0 Å². The third-order valence-electron chi connectivity index (χ3n) is 13.5. The molecule has 4 amide bonds. The molecule has 6 aromatic rings. The van der Waals surface area contributed by atoms with Crippen LogP contribution in [-0.4, -0.2) is 99.7 Å². The first-order valence-electron chi connectivity index (χ1n) is 23.3. The maximum Gasteiger partial charge on any atom is 0.407 e. The van der Waals surface area contributed by atoms with Crippen molar-refractivity contribution < 1.29 is 33.4 Å². The minimum absolute atomic E-state index is 0.160. The van der Waals surface area contributed by atoms with Gasteiger partial charge in [0.05, 0.1) is 55.2 Å². The third kappa shape index (κ3) is 9.68. The number of fused-ring (bicyclic) bond motifs is 6. The van der Waals surface area contributed by atoms with Gasteiger partial charge in [0.2, 0.25) is 11.8 Å². The molecular weight excluding hydrogens is 849 g/mol. The van der Waals surface area contributed by atoms with E-state index < -0.39 is 30.3 Å². The number of nitrogens with one attached hydrogen (secondary N) is 4. The highest BCUT2D eigenvalue weighted by molar-refractivity contribution is 6.07. The Balaban J connectivity index is 1.04. The lowest BCUT2D eigenvalue weighted by Gasteiger charge is -2.32. The Labute approximate surface area is 390 Å². The first kappa shape index (κ1) is 46.6. The van der Waals surface area contributed by atoms with E-state index in [9.17, 15) is 19.2 Å². The molecule has 67 heavy (non-hydrogen) atoms. The molecule has 0 radical (unpaired) electrons. The van der Waals surface area contributed by atoms with Crippen LogP contribution in [0.1, 0.15) is 78.0 Å². The highest BCUT2D eigenvalue weighted by Crippen LogP contribution is 2.38. The van der Waals surface area contributed by atoms with Crippen molar-refractivity contribution in [2.75, 3.05) is 33.9 Å². The summed E-state index contributed by atoms with van der Waals surface area (Å²) in [6, 6.07) is 18.8. The molecule has 352 valence electrons. The predicted octanol–water partition coefficient (Wildman–Crippen LogP) is 9.30. The molecule has 15 nitrogen and oxygen atoms in total. The van der Waals surface area contributed by atoms with Gasteiger partial charge in [-0.05, 0) is 88.8 Å². The Bertz CT molecular complexity index is 2880. The summed E-state index contributed by atoms with van der Waals surface area (Å²) in [5.74, 6) is 1.44. The van der Waals surface area contributed by atoms with Crippen LogP contribution >= 0.6 is 0 Å². The lowest BCUT2D eigenvalue weighted by atomic mass is 9.86. The zero-order valence-electron chi connectivity index (χ0n) is 39.5. The summed E-state index contributed by atoms with van der Waals surface area (Å²) in [5.41, 5.74) is 6.22. The van der Waals surface area contributed by atoms with Crippen molar-refractivity contribution in [1.29, 1.82) is 0 Å². The van der Waals surface area contributed by atoms with Crippen molar-refractivity contribution in [2.24, 2.45) is 23.7 Å². The molecule has 2 aromatic heterocycles. The van der Waals surface area contributed by atoms with Crippen LogP contribution in [0.2, 0.25) is 0 Å². The van der Waals surface area contributed by atoms with Crippen LogP contribution in [0.4, 0.5) is 9.59 Å². The van der Waals surface area contributed by atoms with Crippen molar-refractivity contribution in [1.82, 2.24) is 40.4 Å². The second-order valence-corrected chi connectivity index (χ2v) is 18.9. The van der Waals surface area contributed by atoms with E-state index in [-0.39, 0.29) is 36.1 Å². The summed E-state index contributed by atoms with van der Waals surface area (Å²) >= 11 is 0. The number of carbonyl (C=O) groups is 4. The fraction of sp³-hybridized carbons (Fsp3) is 0.423. The van der Waals surface area contributed by atoms with Crippen LogP contribution in [0.3, 0.4) is 0 Å². The molecule has 4 aromatic carbocycles. The smallest absolute Gasteiger partial charge is 0.407 e. The van der Waals surface area contributed by atoms with Gasteiger partial charge in [-0.1, -0.05) is 90.6 Å². The fourth-order valence-corrected chi connectivity index (χ4v) is 9.21. The number of benzene rings is 4. The van der Waals surface area contributed by atoms with Crippen molar-refractivity contribution in [2.45, 2.75) is 85.0 Å². The van der Waals surface area contributed by atoms with Gasteiger partial charge in [0.15, 0.2) is 0 Å². The molecule has 0 bridgehead atoms. The molecular formula is C52H62N8O7. The number of ether oxygens (including phenoxy) is 3. The number of aromatic nitrogens is 4. The SMILES string of the molecule is C=C(OCC1CCC1)[C@@H](C)CN(Cc1nc2c(ccc3cc(-c4ccc5c(ccc6[nH]c([C@@H]7C(=C)CCN7C(=O)[C@@H](NC(=O)OC)C(C)C)nc65)c4)ccc32)[nH]1)C(=O)[C@@H](NC(=O)OC)C(C)C. The third-order valence-corrected chi connectivity index (χ3v) is 13.5. The quantitative estimate of drug-likeness (QED) is 0.0543. The largest absolute Gasteiger partial charge is 0.498 e. The number of hydrogen-bond acceptors (Lipinski definition) is 9. The molecule has 1 saturated heterocycles. The lowest BCUT2D eigenvalue weighted by molar-refractivity contribution is -0.136. The number of alkyl carbamates (subject to hydrolysis) is 2. The molecule has 4 atom stereocenters. The van der Waals surface area contributed by atoms with Gasteiger partial charge in [-0.15, -0.1) is 0 Å². The number of amides is 4. The van der Waals surface area contributed by atoms with Crippen LogP contribution in [0, 0.1) is 23.7 Å². The van der Waals surface area contributed by atoms with Crippen molar-refractivity contribution in [3.63, 3.8) is 0 Å². The number of imidazole rings is 2. The minimum Gasteiger partial charge on any atom is -0.498 e. The van der Waals surface area contributed by atoms with Crippen molar-refractivity contribution in [3.05, 3.63) is 96.8 Å². The molecule has 1 aliphatic heterocycles. The van der Waals surface area contributed by atoms with Crippen molar-refractivity contribution in [3.8, 4) is 11.1 Å². The summed E-state index contributed by atoms with van der Waals surface area (Å²) in [6.45, 7) is 19.7. The maximum absolute atomic E-state index is 14.3. The lowest BCUT2D eigenvalue weighted by Crippen LogP contribution is -2.52. The number of rotatable bonds is 16. The minimum atomic E-state index is -0.812. The molecule has 8 rings (SSSR count). The Kier molecular flexibility index (Phi) is 13.6. The van der Waals surface area contributed by atoms with E-state index in [1.54, 1.807) is 9.80 Å². The average Bonchev–Trinajstić information content (AvgIpc) is 4.04. The molecule has 1 saturated carbocycles. The Morgan fingerprint density at radius 2 is 1.39 bits per heavy atom. The number of aromatic amines is 2. The summed E-state index contributed by atoms with van der Waals surface area (Å²) in [7, 11) is 2.57. The summed E-state index contributed by atoms with van der Waals surface area (Å²) in [5, 5.41) is 9.40. The maximum atomic E-state index is 14.3. The van der Waals surface area contributed by atoms with E-state index in [1.165, 1.54) is 20.6 Å². The number of carbonyl (C=O) groups excluding carboxylic acids is 4. The van der Waals surface area contributed by atoms with E-state index in [4.69, 9.17) is 24.2 Å². The predicted molar refractivity (Wildman–Crippen MR) is 260 cm³/mol. The Morgan fingerprint density at radius 3 is 1.96 bits per heavy atom. The molecule has 2 fully saturated rings. The van der Waals surface area contributed by atoms with Crippen LogP contribution in [0.15, 0.2) is 85.2 Å². The standard InChI is InChI=1S/C52H62N8O7/c1-28(2)43(57-51(63)65-8)49(61)59(25-31(6)32(7)67-27-33-11-10-12-33)26-42-53-40-19-15-36-23-34(13-17-38(36)45(40)55-42)35-14-18-39-37(24-35)16-20-41-46(39)56-48(54-41)47-30(5)21-22-60(47)50(62)44(29(3)4)58-52(64)66-9/h13-20,23-24,28-29,31,33,43-44,47H,5,7,10-12,21-22,25-27H2,1-4,6,8-9H3,(H,53,55)(H,54,56)(H,57,63)(H,58,64)/t31-,43-,44-,47-/m0/s1. The van der Waals surface area contributed by atoms with Gasteiger partial charge in [-0.3, -0.25) is 9.59 Å². The average molecular weight is 911 g/mol. The fourth-order valence-electron chi connectivity index (χ4n) is 9.21. The number of nitrogens with zero attached hydrogens (tertiary/aromatic N) is 4. The zero-order chi connectivity index (χ0) is 47.7. The van der Waals surface area contributed by atoms with Gasteiger partial charge in [-0.25, -0.2) is 19.6 Å². The van der Waals surface area contributed by atoms with Crippen molar-refractivity contribution >= 4 is 67.6 Å². The monoisotopic (exact) mass is 910 g/mol. The van der Waals surface area contributed by atoms with E-state index in [1.807, 2.05) is 46.8 Å². The van der Waals surface area contributed by atoms with Crippen LogP contribution in [0.25, 0.3) is 54.7 Å². The van der Waals surface area contributed by atoms with Crippen LogP contribution < -0.4 is 10.6 Å². The zero-order valence-corrected chi connectivity index (χ0v) is 39.5. The first-order valence-corrected chi connectivity index (χ1v) is 23.3. The first-order chi connectivity index (χ1) is 32.1. The summed E-state index contributed by atoms with van der Waals surface area (Å²) in [6.07, 6.45) is 2.86. The normalized spacial score (nSPS) is 16.6. The molecule has 1 aliphatic carbocycles. The van der Waals surface area contributed by atoms with Gasteiger partial charge < -0.3 is 44.6 Å². The van der Waals surface area contributed by atoms with Crippen LogP contribution in [-0.2, 0) is 30.3 Å². The van der Waals surface area contributed by atoms with Gasteiger partial charge in [0, 0.05) is 29.8 Å². The highest BCUT2D eigenvalue weighted by atomic mass is 16.5. The molecule has 2 aliphatic rings. The van der Waals surface area contributed by atoms with Gasteiger partial charge in [0.25, 0.3) is 0 Å². The van der Waals surface area contributed by atoms with Crippen LogP contribution in [0.5, 0.6) is 0 Å². The molecule has 0 spiro atoms. The number of hydrogen-bond donors (Lipinski definition) is 4. The molecule has 0 unspecified atom stereocenters. The van der Waals surface area contributed by atoms with E-state index >= 15 is 0 Å².